The predicted octanol–water partition coefficient (Wildman–Crippen LogP) is -2.52. The normalized spacial score (nSPS) is 23.5. The van der Waals surface area contributed by atoms with E-state index >= 15 is 0 Å². The number of aromatic carboxylic acids is 1. The van der Waals surface area contributed by atoms with Crippen molar-refractivity contribution in [2.75, 3.05) is 5.75 Å². The van der Waals surface area contributed by atoms with E-state index in [0.717, 1.165) is 5.56 Å². The van der Waals surface area contributed by atoms with Gasteiger partial charge in [-0.15, -0.1) is 0 Å². The molecular weight excluding hydrogens is 242 g/mol. The number of carbonyl (C=O) groups excluding carboxylic acids is 2. The average Bonchev–Trinajstić information content (AvgIpc) is 2.78. The van der Waals surface area contributed by atoms with E-state index in [2.05, 4.69) is 0 Å². The van der Waals surface area contributed by atoms with Crippen molar-refractivity contribution in [1.82, 2.24) is 0 Å². The van der Waals surface area contributed by atoms with Gasteiger partial charge < -0.3 is 25.1 Å². The molecule has 1 aromatic rings. The SMILES string of the molecule is O=C([O-])c1ccc([C@@H]2[NH2+][C@@H](C(=O)[O-])CS2)cc1. The van der Waals surface area contributed by atoms with Gasteiger partial charge in [0.25, 0.3) is 0 Å². The molecule has 0 bridgehead atoms. The molecule has 0 aliphatic carbocycles. The van der Waals surface area contributed by atoms with Gasteiger partial charge in [0.15, 0.2) is 5.37 Å². The topological polar surface area (TPSA) is 96.9 Å². The van der Waals surface area contributed by atoms with Crippen molar-refractivity contribution in [2.24, 2.45) is 0 Å². The second-order valence-corrected chi connectivity index (χ2v) is 4.96. The quantitative estimate of drug-likeness (QED) is 0.640. The Labute approximate surface area is 102 Å². The molecule has 0 radical (unpaired) electrons. The molecule has 1 heterocycles. The van der Waals surface area contributed by atoms with Crippen LogP contribution in [-0.2, 0) is 4.79 Å². The maximum absolute atomic E-state index is 10.7. The third kappa shape index (κ3) is 2.59. The van der Waals surface area contributed by atoms with Crippen molar-refractivity contribution in [1.29, 1.82) is 0 Å². The Bertz CT molecular complexity index is 445. The van der Waals surface area contributed by atoms with Crippen LogP contribution in [0.25, 0.3) is 0 Å². The summed E-state index contributed by atoms with van der Waals surface area (Å²) < 4.78 is 0. The van der Waals surface area contributed by atoms with Gasteiger partial charge in [0.05, 0.1) is 11.7 Å². The lowest BCUT2D eigenvalue weighted by atomic mass is 10.1. The number of carbonyl (C=O) groups is 2. The fourth-order valence-corrected chi connectivity index (χ4v) is 3.00. The lowest BCUT2D eigenvalue weighted by Gasteiger charge is -2.11. The van der Waals surface area contributed by atoms with Crippen molar-refractivity contribution < 1.29 is 25.1 Å². The molecule has 5 nitrogen and oxygen atoms in total. The molecule has 0 amide bonds. The van der Waals surface area contributed by atoms with Crippen LogP contribution in [0.4, 0.5) is 0 Å². The van der Waals surface area contributed by atoms with E-state index in [-0.39, 0.29) is 10.9 Å². The number of hydrogen-bond donors (Lipinski definition) is 1. The number of aliphatic carboxylic acids is 1. The van der Waals surface area contributed by atoms with Gasteiger partial charge >= 0.3 is 0 Å². The summed E-state index contributed by atoms with van der Waals surface area (Å²) in [4.78, 5) is 21.2. The lowest BCUT2D eigenvalue weighted by Crippen LogP contribution is -2.90. The van der Waals surface area contributed by atoms with Crippen molar-refractivity contribution in [3.05, 3.63) is 35.4 Å². The lowest BCUT2D eigenvalue weighted by molar-refractivity contribution is -0.690. The van der Waals surface area contributed by atoms with Gasteiger partial charge in [0, 0.05) is 5.56 Å². The van der Waals surface area contributed by atoms with Crippen molar-refractivity contribution in [2.45, 2.75) is 11.4 Å². The summed E-state index contributed by atoms with van der Waals surface area (Å²) in [5, 5.41) is 22.9. The Hall–Kier alpha value is -1.53. The summed E-state index contributed by atoms with van der Waals surface area (Å²) in [6.07, 6.45) is 0. The molecule has 2 atom stereocenters. The minimum absolute atomic E-state index is 0.0197. The van der Waals surface area contributed by atoms with Crippen LogP contribution < -0.4 is 15.5 Å². The molecule has 2 N–H and O–H groups in total. The third-order valence-electron chi connectivity index (χ3n) is 2.64. The van der Waals surface area contributed by atoms with Crippen LogP contribution in [-0.4, -0.2) is 23.7 Å². The number of thioether (sulfide) groups is 1. The molecule has 6 heteroatoms. The Morgan fingerprint density at radius 3 is 2.35 bits per heavy atom. The third-order valence-corrected chi connectivity index (χ3v) is 3.98. The van der Waals surface area contributed by atoms with E-state index in [1.807, 2.05) is 0 Å². The Kier molecular flexibility index (Phi) is 3.35. The zero-order valence-corrected chi connectivity index (χ0v) is 9.61. The van der Waals surface area contributed by atoms with Crippen molar-refractivity contribution in [3.63, 3.8) is 0 Å². The Balaban J connectivity index is 2.09. The highest BCUT2D eigenvalue weighted by Crippen LogP contribution is 2.26. The fourth-order valence-electron chi connectivity index (χ4n) is 1.69. The number of carboxylic acids is 2. The van der Waals surface area contributed by atoms with Gasteiger partial charge in [-0.05, 0) is 5.56 Å². The first kappa shape index (κ1) is 11.9. The average molecular weight is 252 g/mol. The van der Waals surface area contributed by atoms with Crippen LogP contribution in [0.3, 0.4) is 0 Å². The summed E-state index contributed by atoms with van der Waals surface area (Å²) in [5.41, 5.74) is 1.01. The van der Waals surface area contributed by atoms with Gasteiger partial charge in [-0.1, -0.05) is 36.0 Å². The van der Waals surface area contributed by atoms with E-state index in [4.69, 9.17) is 0 Å². The van der Waals surface area contributed by atoms with Crippen LogP contribution >= 0.6 is 11.8 Å². The maximum Gasteiger partial charge on any atom is 0.159 e. The largest absolute Gasteiger partial charge is 0.545 e. The summed E-state index contributed by atoms with van der Waals surface area (Å²) in [5.74, 6) is -1.78. The van der Waals surface area contributed by atoms with Gasteiger partial charge in [0.2, 0.25) is 0 Å². The number of nitrogens with two attached hydrogens (primary N) is 1. The molecule has 1 fully saturated rings. The maximum atomic E-state index is 10.7. The standard InChI is InChI=1S/C11H11NO4S/c13-10(14)7-3-1-6(2-4-7)9-12-8(5-17-9)11(15)16/h1-4,8-9,12H,5H2,(H,13,14)(H,15,16)/p-1/t8-,9-/m1/s1. The summed E-state index contributed by atoms with van der Waals surface area (Å²) >= 11 is 1.51. The zero-order chi connectivity index (χ0) is 12.4. The molecule has 1 aromatic carbocycles. The number of rotatable bonds is 3. The van der Waals surface area contributed by atoms with Gasteiger partial charge in [0.1, 0.15) is 12.0 Å². The molecule has 0 unspecified atom stereocenters. The van der Waals surface area contributed by atoms with Crippen LogP contribution in [0.15, 0.2) is 24.3 Å². The molecule has 0 spiro atoms. The summed E-state index contributed by atoms with van der Waals surface area (Å²) in [7, 11) is 0. The van der Waals surface area contributed by atoms with Gasteiger partial charge in [-0.3, -0.25) is 0 Å². The zero-order valence-electron chi connectivity index (χ0n) is 8.79. The van der Waals surface area contributed by atoms with E-state index in [0.29, 0.717) is 5.75 Å². The number of quaternary nitrogens is 1. The number of carboxylic acid groups (broad SMARTS) is 2. The summed E-state index contributed by atoms with van der Waals surface area (Å²) in [6, 6.07) is 5.75. The number of hydrogen-bond acceptors (Lipinski definition) is 5. The van der Waals surface area contributed by atoms with Crippen LogP contribution in [0.5, 0.6) is 0 Å². The smallest absolute Gasteiger partial charge is 0.159 e. The molecule has 1 aliphatic rings. The molecule has 2 rings (SSSR count). The highest BCUT2D eigenvalue weighted by molar-refractivity contribution is 7.99. The van der Waals surface area contributed by atoms with Crippen LogP contribution in [0, 0.1) is 0 Å². The van der Waals surface area contributed by atoms with E-state index < -0.39 is 18.0 Å². The molecule has 0 aromatic heterocycles. The first-order valence-electron chi connectivity index (χ1n) is 5.06. The highest BCUT2D eigenvalue weighted by atomic mass is 32.2. The van der Waals surface area contributed by atoms with Crippen LogP contribution in [0.1, 0.15) is 21.3 Å². The monoisotopic (exact) mass is 252 g/mol. The second-order valence-electron chi connectivity index (χ2n) is 3.78. The van der Waals surface area contributed by atoms with Gasteiger partial charge in [-0.2, -0.15) is 0 Å². The molecule has 1 aliphatic heterocycles. The second kappa shape index (κ2) is 4.77. The highest BCUT2D eigenvalue weighted by Gasteiger charge is 2.30. The van der Waals surface area contributed by atoms with Gasteiger partial charge in [-0.25, -0.2) is 0 Å². The Morgan fingerprint density at radius 1 is 1.24 bits per heavy atom. The van der Waals surface area contributed by atoms with Crippen molar-refractivity contribution in [3.8, 4) is 0 Å². The minimum atomic E-state index is -1.22. The van der Waals surface area contributed by atoms with E-state index in [1.165, 1.54) is 23.9 Å². The molecular formula is C11H10NO4S-. The van der Waals surface area contributed by atoms with E-state index in [9.17, 15) is 19.8 Å². The molecule has 90 valence electrons. The van der Waals surface area contributed by atoms with Crippen molar-refractivity contribution >= 4 is 23.7 Å². The predicted molar refractivity (Wildman–Crippen MR) is 56.7 cm³/mol. The molecule has 0 saturated carbocycles. The minimum Gasteiger partial charge on any atom is -0.545 e. The Morgan fingerprint density at radius 2 is 1.88 bits per heavy atom. The van der Waals surface area contributed by atoms with Crippen LogP contribution in [0.2, 0.25) is 0 Å². The molecule has 1 saturated heterocycles. The first-order valence-corrected chi connectivity index (χ1v) is 6.11. The molecule has 17 heavy (non-hydrogen) atoms. The fraction of sp³-hybridized carbons (Fsp3) is 0.273. The summed E-state index contributed by atoms with van der Waals surface area (Å²) in [6.45, 7) is 0. The first-order chi connectivity index (χ1) is 8.08. The number of benzene rings is 1. The van der Waals surface area contributed by atoms with E-state index in [1.54, 1.807) is 17.4 Å².